The second kappa shape index (κ2) is 8.88. The third-order valence-corrected chi connectivity index (χ3v) is 4.84. The molecule has 28 heavy (non-hydrogen) atoms. The molecule has 3 N–H and O–H groups in total. The van der Waals surface area contributed by atoms with E-state index in [1.165, 1.54) is 6.07 Å². The molecule has 1 atom stereocenters. The van der Waals surface area contributed by atoms with E-state index >= 15 is 0 Å². The summed E-state index contributed by atoms with van der Waals surface area (Å²) in [6, 6.07) is 4.99. The molecule has 7 nitrogen and oxygen atoms in total. The number of aryl methyl sites for hydroxylation is 1. The van der Waals surface area contributed by atoms with Crippen molar-refractivity contribution in [1.82, 2.24) is 30.3 Å². The molecule has 2 aromatic heterocycles. The van der Waals surface area contributed by atoms with E-state index < -0.39 is 0 Å². The Morgan fingerprint density at radius 1 is 1.36 bits per heavy atom. The predicted octanol–water partition coefficient (Wildman–Crippen LogP) is 2.05. The normalized spacial score (nSPS) is 13.3. The van der Waals surface area contributed by atoms with Crippen LogP contribution in [0.2, 0.25) is 0 Å². The molecule has 1 aromatic carbocycles. The van der Waals surface area contributed by atoms with Crippen molar-refractivity contribution in [3.05, 3.63) is 53.7 Å². The van der Waals surface area contributed by atoms with Gasteiger partial charge in [-0.2, -0.15) is 5.10 Å². The Bertz CT molecular complexity index is 941. The standard InChI is InChI=1S/C20H28FN7/c1-22-20(25-12-19(27(2)3)15-11-26-28(4)13-15)23-8-7-14-10-24-18-6-5-16(21)9-17(14)18/h5-6,9-11,13,19,24H,7-8,12H2,1-4H3,(H2,22,23,25). The minimum absolute atomic E-state index is 0.184. The SMILES string of the molecule is CN=C(NCCc1c[nH]c2ccc(F)cc12)NCC(c1cnn(C)c1)N(C)C. The Morgan fingerprint density at radius 2 is 2.18 bits per heavy atom. The van der Waals surface area contributed by atoms with Gasteiger partial charge in [0, 0.05) is 56.0 Å². The lowest BCUT2D eigenvalue weighted by Crippen LogP contribution is -2.42. The van der Waals surface area contributed by atoms with Crippen LogP contribution in [-0.2, 0) is 13.5 Å². The van der Waals surface area contributed by atoms with Gasteiger partial charge in [-0.05, 0) is 44.3 Å². The van der Waals surface area contributed by atoms with Crippen LogP contribution in [-0.4, -0.2) is 59.9 Å². The number of guanidine groups is 1. The van der Waals surface area contributed by atoms with E-state index in [0.29, 0.717) is 13.1 Å². The summed E-state index contributed by atoms with van der Waals surface area (Å²) in [6.07, 6.45) is 6.62. The van der Waals surface area contributed by atoms with Crippen LogP contribution in [0.4, 0.5) is 4.39 Å². The van der Waals surface area contributed by atoms with Gasteiger partial charge in [0.25, 0.3) is 0 Å². The monoisotopic (exact) mass is 385 g/mol. The molecular formula is C20H28FN7. The highest BCUT2D eigenvalue weighted by Crippen LogP contribution is 2.19. The van der Waals surface area contributed by atoms with Crippen molar-refractivity contribution in [1.29, 1.82) is 0 Å². The van der Waals surface area contributed by atoms with Crippen molar-refractivity contribution < 1.29 is 4.39 Å². The zero-order valence-electron chi connectivity index (χ0n) is 16.8. The van der Waals surface area contributed by atoms with Crippen molar-refractivity contribution in [3.8, 4) is 0 Å². The number of hydrogen-bond donors (Lipinski definition) is 3. The molecule has 0 radical (unpaired) electrons. The number of halogens is 1. The number of nitrogens with one attached hydrogen (secondary N) is 3. The lowest BCUT2D eigenvalue weighted by atomic mass is 10.1. The van der Waals surface area contributed by atoms with Crippen LogP contribution in [0.15, 0.2) is 41.8 Å². The summed E-state index contributed by atoms with van der Waals surface area (Å²) in [5.41, 5.74) is 3.18. The van der Waals surface area contributed by atoms with Gasteiger partial charge in [-0.15, -0.1) is 0 Å². The number of aromatic nitrogens is 3. The number of rotatable bonds is 7. The van der Waals surface area contributed by atoms with E-state index in [4.69, 9.17) is 0 Å². The summed E-state index contributed by atoms with van der Waals surface area (Å²) in [5.74, 6) is 0.519. The van der Waals surface area contributed by atoms with E-state index in [2.05, 4.69) is 30.6 Å². The lowest BCUT2D eigenvalue weighted by Gasteiger charge is -2.24. The second-order valence-corrected chi connectivity index (χ2v) is 7.06. The molecule has 150 valence electrons. The van der Waals surface area contributed by atoms with Crippen LogP contribution in [0.25, 0.3) is 10.9 Å². The van der Waals surface area contributed by atoms with Crippen LogP contribution >= 0.6 is 0 Å². The lowest BCUT2D eigenvalue weighted by molar-refractivity contribution is 0.298. The van der Waals surface area contributed by atoms with E-state index in [1.807, 2.05) is 44.4 Å². The summed E-state index contributed by atoms with van der Waals surface area (Å²) in [4.78, 5) is 9.64. The first-order valence-corrected chi connectivity index (χ1v) is 9.33. The number of hydrogen-bond acceptors (Lipinski definition) is 3. The Hall–Kier alpha value is -2.87. The van der Waals surface area contributed by atoms with E-state index in [9.17, 15) is 4.39 Å². The fraction of sp³-hybridized carbons (Fsp3) is 0.400. The average molecular weight is 385 g/mol. The van der Waals surface area contributed by atoms with Crippen LogP contribution in [0.3, 0.4) is 0 Å². The molecule has 0 bridgehead atoms. The number of aromatic amines is 1. The zero-order chi connectivity index (χ0) is 20.1. The number of fused-ring (bicyclic) bond motifs is 1. The van der Waals surface area contributed by atoms with Gasteiger partial charge in [-0.1, -0.05) is 0 Å². The third-order valence-electron chi connectivity index (χ3n) is 4.84. The first-order valence-electron chi connectivity index (χ1n) is 9.33. The molecule has 0 saturated heterocycles. The van der Waals surface area contributed by atoms with Gasteiger partial charge in [0.05, 0.1) is 12.2 Å². The first-order chi connectivity index (χ1) is 13.5. The molecule has 0 fully saturated rings. The number of nitrogens with zero attached hydrogens (tertiary/aromatic N) is 4. The van der Waals surface area contributed by atoms with Crippen LogP contribution in [0, 0.1) is 5.82 Å². The van der Waals surface area contributed by atoms with E-state index in [-0.39, 0.29) is 11.9 Å². The topological polar surface area (TPSA) is 73.3 Å². The minimum atomic E-state index is -0.219. The Labute approximate surface area is 164 Å². The van der Waals surface area contributed by atoms with Gasteiger partial charge in [0.15, 0.2) is 5.96 Å². The van der Waals surface area contributed by atoms with Crippen molar-refractivity contribution in [2.75, 3.05) is 34.2 Å². The summed E-state index contributed by atoms with van der Waals surface area (Å²) in [7, 11) is 7.77. The first kappa shape index (κ1) is 19.9. The Balaban J connectivity index is 1.54. The summed E-state index contributed by atoms with van der Waals surface area (Å²) in [5, 5.41) is 11.9. The van der Waals surface area contributed by atoms with E-state index in [0.717, 1.165) is 34.4 Å². The molecule has 0 aliphatic heterocycles. The van der Waals surface area contributed by atoms with Gasteiger partial charge in [0.1, 0.15) is 5.82 Å². The van der Waals surface area contributed by atoms with Gasteiger partial charge < -0.3 is 20.5 Å². The van der Waals surface area contributed by atoms with E-state index in [1.54, 1.807) is 19.2 Å². The highest BCUT2D eigenvalue weighted by molar-refractivity contribution is 5.83. The molecule has 0 amide bonds. The molecule has 0 aliphatic carbocycles. The Kier molecular flexibility index (Phi) is 6.30. The smallest absolute Gasteiger partial charge is 0.191 e. The number of benzene rings is 1. The van der Waals surface area contributed by atoms with Crippen molar-refractivity contribution in [2.24, 2.45) is 12.0 Å². The molecule has 2 heterocycles. The molecule has 0 aliphatic rings. The maximum Gasteiger partial charge on any atom is 0.191 e. The molecule has 8 heteroatoms. The number of H-pyrrole nitrogens is 1. The third kappa shape index (κ3) is 4.69. The highest BCUT2D eigenvalue weighted by atomic mass is 19.1. The average Bonchev–Trinajstić information content (AvgIpc) is 3.26. The number of likely N-dealkylation sites (N-methyl/N-ethyl adjacent to an activating group) is 1. The maximum atomic E-state index is 13.5. The van der Waals surface area contributed by atoms with Gasteiger partial charge in [-0.25, -0.2) is 4.39 Å². The van der Waals surface area contributed by atoms with Gasteiger partial charge >= 0.3 is 0 Å². The largest absolute Gasteiger partial charge is 0.361 e. The molecular weight excluding hydrogens is 357 g/mol. The molecule has 0 saturated carbocycles. The van der Waals surface area contributed by atoms with Crippen molar-refractivity contribution in [2.45, 2.75) is 12.5 Å². The molecule has 0 spiro atoms. The minimum Gasteiger partial charge on any atom is -0.361 e. The fourth-order valence-corrected chi connectivity index (χ4v) is 3.30. The van der Waals surface area contributed by atoms with Crippen molar-refractivity contribution in [3.63, 3.8) is 0 Å². The summed E-state index contributed by atoms with van der Waals surface area (Å²) in [6.45, 7) is 1.40. The zero-order valence-corrected chi connectivity index (χ0v) is 16.8. The van der Waals surface area contributed by atoms with Gasteiger partial charge in [-0.3, -0.25) is 9.67 Å². The van der Waals surface area contributed by atoms with Crippen LogP contribution in [0.5, 0.6) is 0 Å². The van der Waals surface area contributed by atoms with Gasteiger partial charge in [0.2, 0.25) is 0 Å². The maximum absolute atomic E-state index is 13.5. The summed E-state index contributed by atoms with van der Waals surface area (Å²) < 4.78 is 15.3. The number of aliphatic imine (C=N–C) groups is 1. The quantitative estimate of drug-likeness (QED) is 0.430. The van der Waals surface area contributed by atoms with Crippen molar-refractivity contribution >= 4 is 16.9 Å². The molecule has 3 rings (SSSR count). The summed E-state index contributed by atoms with van der Waals surface area (Å²) >= 11 is 0. The molecule has 1 unspecified atom stereocenters. The Morgan fingerprint density at radius 3 is 2.86 bits per heavy atom. The van der Waals surface area contributed by atoms with Crippen LogP contribution < -0.4 is 10.6 Å². The molecule has 3 aromatic rings. The van der Waals surface area contributed by atoms with Crippen LogP contribution in [0.1, 0.15) is 17.2 Å². The fourth-order valence-electron chi connectivity index (χ4n) is 3.30. The predicted molar refractivity (Wildman–Crippen MR) is 111 cm³/mol. The second-order valence-electron chi connectivity index (χ2n) is 7.06. The highest BCUT2D eigenvalue weighted by Gasteiger charge is 2.16.